The summed E-state index contributed by atoms with van der Waals surface area (Å²) in [7, 11) is 0. The third-order valence-electron chi connectivity index (χ3n) is 13.5. The van der Waals surface area contributed by atoms with Crippen LogP contribution in [0.2, 0.25) is 0 Å². The Balaban J connectivity index is 1.31. The van der Waals surface area contributed by atoms with Gasteiger partial charge in [0.05, 0.1) is 11.0 Å². The van der Waals surface area contributed by atoms with Crippen molar-refractivity contribution in [1.29, 1.82) is 0 Å². The van der Waals surface area contributed by atoms with Gasteiger partial charge in [-0.05, 0) is 105 Å². The fourth-order valence-electron chi connectivity index (χ4n) is 10.6. The van der Waals surface area contributed by atoms with Gasteiger partial charge in [-0.3, -0.25) is 0 Å². The summed E-state index contributed by atoms with van der Waals surface area (Å²) in [5.74, 6) is 0.895. The Kier molecular flexibility index (Phi) is 6.05. The van der Waals surface area contributed by atoms with Crippen LogP contribution in [0.1, 0.15) is 57.2 Å². The van der Waals surface area contributed by atoms with E-state index in [-0.39, 0.29) is 17.7 Å². The number of nitrogens with zero attached hydrogens (tertiary/aromatic N) is 2. The van der Waals surface area contributed by atoms with E-state index in [0.29, 0.717) is 0 Å². The fourth-order valence-corrected chi connectivity index (χ4v) is 10.6. The highest BCUT2D eigenvalue weighted by atomic mass is 16.3. The Morgan fingerprint density at radius 3 is 2.11 bits per heavy atom. The van der Waals surface area contributed by atoms with Crippen LogP contribution < -0.4 is 15.7 Å². The van der Waals surface area contributed by atoms with Crippen molar-refractivity contribution in [2.45, 2.75) is 58.3 Å². The number of aromatic nitrogens is 1. The van der Waals surface area contributed by atoms with E-state index in [9.17, 15) is 0 Å². The van der Waals surface area contributed by atoms with Gasteiger partial charge in [0.2, 0.25) is 0 Å². The smallest absolute Gasteiger partial charge is 0.333 e. The number of para-hydroxylation sites is 1. The van der Waals surface area contributed by atoms with Gasteiger partial charge in [0, 0.05) is 50.4 Å². The number of aryl methyl sites for hydroxylation is 1. The minimum Gasteiger partial charge on any atom is -0.456 e. The average Bonchev–Trinajstić information content (AvgIpc) is 3.78. The van der Waals surface area contributed by atoms with Crippen LogP contribution in [0.15, 0.2) is 138 Å². The van der Waals surface area contributed by atoms with Crippen molar-refractivity contribution in [2.24, 2.45) is 0 Å². The van der Waals surface area contributed by atoms with Crippen molar-refractivity contribution >= 4 is 72.7 Å². The molecule has 2 aliphatic heterocycles. The monoisotopic (exact) mass is 708 g/mol. The minimum absolute atomic E-state index is 0.0616. The van der Waals surface area contributed by atoms with Crippen molar-refractivity contribution in [3.63, 3.8) is 0 Å². The first kappa shape index (κ1) is 31.4. The molecule has 0 N–H and O–H groups in total. The molecule has 0 bridgehead atoms. The molecule has 264 valence electrons. The summed E-state index contributed by atoms with van der Waals surface area (Å²) in [5.41, 5.74) is 18.0. The Labute approximate surface area is 321 Å². The Bertz CT molecular complexity index is 3110. The van der Waals surface area contributed by atoms with Crippen molar-refractivity contribution in [2.75, 3.05) is 4.81 Å². The minimum atomic E-state index is -0.0616. The summed E-state index contributed by atoms with van der Waals surface area (Å²) in [4.78, 5) is 2.62. The first-order chi connectivity index (χ1) is 26.7. The molecule has 55 heavy (non-hydrogen) atoms. The van der Waals surface area contributed by atoms with Gasteiger partial charge in [-0.15, -0.1) is 0 Å². The lowest BCUT2D eigenvalue weighted by Crippen LogP contribution is -2.60. The van der Waals surface area contributed by atoms with E-state index in [4.69, 9.17) is 4.42 Å². The number of hydrogen-bond donors (Lipinski definition) is 0. The SMILES string of the molecule is Cc1ccc(N2B3c4cc5cc(-c6ccccc6)oc5cc4-n4c5cc6c(cc5c5c7ccccc7c(c3c54)-c3ccccc32)C(C)(C)CCC6(C)C)cc1. The van der Waals surface area contributed by atoms with Gasteiger partial charge in [0.1, 0.15) is 11.3 Å². The molecule has 7 aromatic carbocycles. The molecule has 0 unspecified atom stereocenters. The van der Waals surface area contributed by atoms with E-state index in [2.05, 4.69) is 177 Å². The second kappa shape index (κ2) is 10.6. The summed E-state index contributed by atoms with van der Waals surface area (Å²) in [6.07, 6.45) is 2.36. The summed E-state index contributed by atoms with van der Waals surface area (Å²) < 4.78 is 9.40. The van der Waals surface area contributed by atoms with Crippen molar-refractivity contribution in [1.82, 2.24) is 4.57 Å². The van der Waals surface area contributed by atoms with Crippen molar-refractivity contribution in [3.05, 3.63) is 150 Å². The van der Waals surface area contributed by atoms with Crippen LogP contribution in [0, 0.1) is 6.92 Å². The van der Waals surface area contributed by atoms with Gasteiger partial charge < -0.3 is 13.8 Å². The molecule has 2 aromatic heterocycles. The summed E-state index contributed by atoms with van der Waals surface area (Å²) in [6.45, 7) is 11.9. The molecule has 0 saturated carbocycles. The number of hydrogen-bond acceptors (Lipinski definition) is 2. The Hall–Kier alpha value is -6.00. The van der Waals surface area contributed by atoms with Crippen LogP contribution >= 0.6 is 0 Å². The van der Waals surface area contributed by atoms with Crippen LogP contribution in [0.5, 0.6) is 0 Å². The predicted octanol–water partition coefficient (Wildman–Crippen LogP) is 12.2. The van der Waals surface area contributed by atoms with Gasteiger partial charge in [0.15, 0.2) is 0 Å². The maximum atomic E-state index is 6.77. The van der Waals surface area contributed by atoms with E-state index in [0.717, 1.165) is 22.3 Å². The molecule has 3 nitrogen and oxygen atoms in total. The zero-order valence-electron chi connectivity index (χ0n) is 32.0. The van der Waals surface area contributed by atoms with Crippen LogP contribution in [-0.4, -0.2) is 11.4 Å². The van der Waals surface area contributed by atoms with E-state index in [1.165, 1.54) is 101 Å². The van der Waals surface area contributed by atoms with Crippen LogP contribution in [-0.2, 0) is 10.8 Å². The van der Waals surface area contributed by atoms with E-state index < -0.39 is 0 Å². The molecule has 4 heterocycles. The highest BCUT2D eigenvalue weighted by molar-refractivity contribution is 6.94. The molecule has 4 heteroatoms. The maximum absolute atomic E-state index is 6.77. The van der Waals surface area contributed by atoms with Gasteiger partial charge in [0.25, 0.3) is 0 Å². The quantitative estimate of drug-likeness (QED) is 0.167. The lowest BCUT2D eigenvalue weighted by molar-refractivity contribution is 0.332. The van der Waals surface area contributed by atoms with Gasteiger partial charge >= 0.3 is 6.85 Å². The van der Waals surface area contributed by atoms with Crippen LogP contribution in [0.4, 0.5) is 11.4 Å². The first-order valence-electron chi connectivity index (χ1n) is 19.8. The highest BCUT2D eigenvalue weighted by Gasteiger charge is 2.46. The molecule has 0 atom stereocenters. The molecule has 3 aliphatic rings. The molecular formula is C51H41BN2O. The molecular weight excluding hydrogens is 667 g/mol. The number of furan rings is 1. The molecule has 9 aromatic rings. The molecule has 0 radical (unpaired) electrons. The Morgan fingerprint density at radius 1 is 0.636 bits per heavy atom. The highest BCUT2D eigenvalue weighted by Crippen LogP contribution is 2.52. The fraction of sp³-hybridized carbons (Fsp3) is 0.176. The van der Waals surface area contributed by atoms with Crippen molar-refractivity contribution < 1.29 is 4.42 Å². The van der Waals surface area contributed by atoms with Gasteiger partial charge in [-0.2, -0.15) is 0 Å². The third-order valence-corrected chi connectivity index (χ3v) is 13.5. The first-order valence-corrected chi connectivity index (χ1v) is 19.8. The predicted molar refractivity (Wildman–Crippen MR) is 233 cm³/mol. The lowest BCUT2D eigenvalue weighted by Gasteiger charge is -2.42. The maximum Gasteiger partial charge on any atom is 0.333 e. The Morgan fingerprint density at radius 2 is 1.33 bits per heavy atom. The van der Waals surface area contributed by atoms with E-state index >= 15 is 0 Å². The van der Waals surface area contributed by atoms with Crippen molar-refractivity contribution in [3.8, 4) is 28.1 Å². The third kappa shape index (κ3) is 4.12. The number of anilines is 2. The molecule has 12 rings (SSSR count). The molecule has 0 spiro atoms. The van der Waals surface area contributed by atoms with Crippen LogP contribution in [0.25, 0.3) is 71.7 Å². The van der Waals surface area contributed by atoms with Gasteiger partial charge in [-0.25, -0.2) is 0 Å². The summed E-state index contributed by atoms with van der Waals surface area (Å²) in [5, 5.41) is 6.46. The molecule has 0 fully saturated rings. The standard InChI is InChI=1S/C51H41BN2O/c1-30-19-21-33(22-20-30)54-41-18-12-11-17-36(41)46-34-15-9-10-16-35(34)47-37-27-38-39(51(4,5)24-23-50(38,2)3)28-42(37)53-43-29-45-32(25-40(43)52(54)48(46)49(47)53)26-44(55-45)31-13-7-6-8-14-31/h6-22,25-29H,23-24H2,1-5H3. The summed E-state index contributed by atoms with van der Waals surface area (Å²) >= 11 is 0. The largest absolute Gasteiger partial charge is 0.456 e. The second-order valence-corrected chi connectivity index (χ2v) is 17.6. The topological polar surface area (TPSA) is 21.3 Å². The van der Waals surface area contributed by atoms with E-state index in [1.807, 2.05) is 0 Å². The zero-order chi connectivity index (χ0) is 37.0. The molecule has 0 amide bonds. The summed E-state index contributed by atoms with van der Waals surface area (Å²) in [6, 6.07) is 50.1. The van der Waals surface area contributed by atoms with E-state index in [1.54, 1.807) is 0 Å². The number of fused-ring (bicyclic) bond motifs is 13. The average molecular weight is 709 g/mol. The van der Waals surface area contributed by atoms with Crippen LogP contribution in [0.3, 0.4) is 0 Å². The number of benzene rings is 7. The normalized spacial score (nSPS) is 16.2. The lowest BCUT2D eigenvalue weighted by atomic mass is 9.43. The zero-order valence-corrected chi connectivity index (χ0v) is 32.0. The second-order valence-electron chi connectivity index (χ2n) is 17.6. The number of rotatable bonds is 2. The molecule has 1 aliphatic carbocycles. The molecule has 0 saturated heterocycles. The van der Waals surface area contributed by atoms with Gasteiger partial charge in [-0.1, -0.05) is 124 Å².